The number of unbranched alkanes of at least 4 members (excludes halogenated alkanes) is 1. The summed E-state index contributed by atoms with van der Waals surface area (Å²) >= 11 is 0. The smallest absolute Gasteiger partial charge is 0.138 e. The molecule has 0 fully saturated rings. The highest BCUT2D eigenvalue weighted by Gasteiger charge is 2.01. The van der Waals surface area contributed by atoms with Crippen LogP contribution < -0.4 is 15.2 Å². The van der Waals surface area contributed by atoms with Gasteiger partial charge in [0.25, 0.3) is 0 Å². The fourth-order valence-corrected chi connectivity index (χ4v) is 1.25. The maximum absolute atomic E-state index is 5.39. The van der Waals surface area contributed by atoms with E-state index in [0.717, 1.165) is 29.9 Å². The second-order valence-electron chi connectivity index (χ2n) is 3.26. The summed E-state index contributed by atoms with van der Waals surface area (Å²) in [6.45, 7) is 0.675. The summed E-state index contributed by atoms with van der Waals surface area (Å²) < 4.78 is 10.3. The molecule has 2 N–H and O–H groups in total. The summed E-state index contributed by atoms with van der Waals surface area (Å²) in [6.07, 6.45) is 1.73. The van der Waals surface area contributed by atoms with E-state index in [1.807, 2.05) is 18.2 Å². The number of hydrogen-bond acceptors (Lipinski definition) is 3. The molecular weight excluding hydrogens is 202 g/mol. The molecule has 1 aromatic rings. The Morgan fingerprint density at radius 1 is 1.25 bits per heavy atom. The van der Waals surface area contributed by atoms with Gasteiger partial charge in [0.2, 0.25) is 0 Å². The van der Waals surface area contributed by atoms with Crippen molar-refractivity contribution in [1.29, 1.82) is 0 Å². The third-order valence-electron chi connectivity index (χ3n) is 2.14. The molecular formula is C13H17NO2. The third-order valence-corrected chi connectivity index (χ3v) is 2.14. The first-order chi connectivity index (χ1) is 7.81. The van der Waals surface area contributed by atoms with Crippen molar-refractivity contribution in [2.24, 2.45) is 5.73 Å². The van der Waals surface area contributed by atoms with Crippen LogP contribution in [0.15, 0.2) is 18.2 Å². The van der Waals surface area contributed by atoms with E-state index >= 15 is 0 Å². The lowest BCUT2D eigenvalue weighted by Gasteiger charge is -2.05. The van der Waals surface area contributed by atoms with Gasteiger partial charge in [0.05, 0.1) is 19.8 Å². The van der Waals surface area contributed by atoms with Gasteiger partial charge < -0.3 is 15.2 Å². The Kier molecular flexibility index (Phi) is 5.24. The highest BCUT2D eigenvalue weighted by molar-refractivity contribution is 5.49. The van der Waals surface area contributed by atoms with Crippen LogP contribution in [0.25, 0.3) is 0 Å². The summed E-state index contributed by atoms with van der Waals surface area (Å²) in [5, 5.41) is 0. The van der Waals surface area contributed by atoms with Gasteiger partial charge in [0.15, 0.2) is 0 Å². The number of methoxy groups -OCH3 is 2. The Balaban J connectivity index is 2.81. The molecule has 3 nitrogen and oxygen atoms in total. The molecule has 0 heterocycles. The highest BCUT2D eigenvalue weighted by atomic mass is 16.5. The zero-order valence-corrected chi connectivity index (χ0v) is 9.75. The molecule has 0 amide bonds. The molecule has 16 heavy (non-hydrogen) atoms. The van der Waals surface area contributed by atoms with Crippen LogP contribution in [0.2, 0.25) is 0 Å². The zero-order valence-electron chi connectivity index (χ0n) is 9.75. The molecule has 0 radical (unpaired) electrons. The number of ether oxygens (including phenoxy) is 2. The Bertz CT molecular complexity index is 391. The molecule has 0 spiro atoms. The molecule has 0 aromatic heterocycles. The quantitative estimate of drug-likeness (QED) is 0.620. The first-order valence-corrected chi connectivity index (χ1v) is 5.22. The van der Waals surface area contributed by atoms with Crippen molar-refractivity contribution in [3.8, 4) is 23.3 Å². The summed E-state index contributed by atoms with van der Waals surface area (Å²) in [5.74, 6) is 7.63. The lowest BCUT2D eigenvalue weighted by molar-refractivity contribution is 0.393. The van der Waals surface area contributed by atoms with Gasteiger partial charge in [-0.1, -0.05) is 11.8 Å². The van der Waals surface area contributed by atoms with E-state index in [2.05, 4.69) is 11.8 Å². The van der Waals surface area contributed by atoms with Gasteiger partial charge in [-0.25, -0.2) is 0 Å². The van der Waals surface area contributed by atoms with Gasteiger partial charge in [-0.05, 0) is 25.1 Å². The molecule has 0 aliphatic carbocycles. The van der Waals surface area contributed by atoms with Gasteiger partial charge in [-0.3, -0.25) is 0 Å². The van der Waals surface area contributed by atoms with E-state index in [9.17, 15) is 0 Å². The molecule has 86 valence electrons. The Morgan fingerprint density at radius 3 is 2.69 bits per heavy atom. The molecule has 0 aliphatic rings. The minimum absolute atomic E-state index is 0.675. The summed E-state index contributed by atoms with van der Waals surface area (Å²) in [5.41, 5.74) is 6.27. The minimum atomic E-state index is 0.675. The maximum Gasteiger partial charge on any atom is 0.138 e. The van der Waals surface area contributed by atoms with E-state index in [4.69, 9.17) is 15.2 Å². The summed E-state index contributed by atoms with van der Waals surface area (Å²) in [7, 11) is 3.25. The normalized spacial score (nSPS) is 9.19. The lowest BCUT2D eigenvalue weighted by atomic mass is 10.2. The molecule has 1 rings (SSSR count). The van der Waals surface area contributed by atoms with Gasteiger partial charge in [0.1, 0.15) is 11.5 Å². The fourth-order valence-electron chi connectivity index (χ4n) is 1.25. The van der Waals surface area contributed by atoms with E-state index in [-0.39, 0.29) is 0 Å². The lowest BCUT2D eigenvalue weighted by Crippen LogP contribution is -1.96. The predicted octanol–water partition coefficient (Wildman–Crippen LogP) is 1.79. The molecule has 0 unspecified atom stereocenters. The largest absolute Gasteiger partial charge is 0.497 e. The number of benzene rings is 1. The van der Waals surface area contributed by atoms with Crippen LogP contribution >= 0.6 is 0 Å². The van der Waals surface area contributed by atoms with Crippen molar-refractivity contribution >= 4 is 0 Å². The Hall–Kier alpha value is -1.66. The molecule has 0 atom stereocenters. The van der Waals surface area contributed by atoms with Crippen molar-refractivity contribution in [2.45, 2.75) is 12.8 Å². The second kappa shape index (κ2) is 6.76. The SMILES string of the molecule is COc1ccc(C#CCCCN)c(OC)c1. The molecule has 0 bridgehead atoms. The van der Waals surface area contributed by atoms with Crippen LogP contribution in [-0.2, 0) is 0 Å². The monoisotopic (exact) mass is 219 g/mol. The molecule has 0 saturated heterocycles. The average molecular weight is 219 g/mol. The van der Waals surface area contributed by atoms with E-state index in [1.165, 1.54) is 0 Å². The zero-order chi connectivity index (χ0) is 11.8. The van der Waals surface area contributed by atoms with Crippen LogP contribution in [0.1, 0.15) is 18.4 Å². The summed E-state index contributed by atoms with van der Waals surface area (Å²) in [4.78, 5) is 0. The summed E-state index contributed by atoms with van der Waals surface area (Å²) in [6, 6.07) is 5.59. The molecule has 0 aliphatic heterocycles. The number of rotatable bonds is 4. The van der Waals surface area contributed by atoms with Gasteiger partial charge in [0, 0.05) is 12.5 Å². The first kappa shape index (κ1) is 12.4. The van der Waals surface area contributed by atoms with E-state index in [1.54, 1.807) is 14.2 Å². The van der Waals surface area contributed by atoms with Crippen molar-refractivity contribution in [2.75, 3.05) is 20.8 Å². The average Bonchev–Trinajstić information content (AvgIpc) is 2.34. The van der Waals surface area contributed by atoms with E-state index < -0.39 is 0 Å². The van der Waals surface area contributed by atoms with Crippen molar-refractivity contribution < 1.29 is 9.47 Å². The molecule has 0 saturated carbocycles. The van der Waals surface area contributed by atoms with Crippen molar-refractivity contribution in [3.63, 3.8) is 0 Å². The van der Waals surface area contributed by atoms with Crippen LogP contribution in [-0.4, -0.2) is 20.8 Å². The standard InChI is InChI=1S/C13H17NO2/c1-15-12-8-7-11(13(10-12)16-2)6-4-3-5-9-14/h7-8,10H,3,5,9,14H2,1-2H3. The van der Waals surface area contributed by atoms with E-state index in [0.29, 0.717) is 6.54 Å². The van der Waals surface area contributed by atoms with Crippen LogP contribution in [0, 0.1) is 11.8 Å². The Labute approximate surface area is 96.6 Å². The number of nitrogens with two attached hydrogens (primary N) is 1. The number of hydrogen-bond donors (Lipinski definition) is 1. The van der Waals surface area contributed by atoms with Gasteiger partial charge in [-0.15, -0.1) is 0 Å². The molecule has 3 heteroatoms. The predicted molar refractivity (Wildman–Crippen MR) is 64.7 cm³/mol. The first-order valence-electron chi connectivity index (χ1n) is 5.22. The third kappa shape index (κ3) is 3.48. The minimum Gasteiger partial charge on any atom is -0.497 e. The highest BCUT2D eigenvalue weighted by Crippen LogP contribution is 2.23. The Morgan fingerprint density at radius 2 is 2.06 bits per heavy atom. The van der Waals surface area contributed by atoms with Crippen LogP contribution in [0.5, 0.6) is 11.5 Å². The maximum atomic E-state index is 5.39. The second-order valence-corrected chi connectivity index (χ2v) is 3.26. The van der Waals surface area contributed by atoms with Gasteiger partial charge in [-0.2, -0.15) is 0 Å². The van der Waals surface area contributed by atoms with Gasteiger partial charge >= 0.3 is 0 Å². The van der Waals surface area contributed by atoms with Crippen molar-refractivity contribution in [1.82, 2.24) is 0 Å². The van der Waals surface area contributed by atoms with Crippen LogP contribution in [0.3, 0.4) is 0 Å². The van der Waals surface area contributed by atoms with Crippen LogP contribution in [0.4, 0.5) is 0 Å². The topological polar surface area (TPSA) is 44.5 Å². The molecule has 1 aromatic carbocycles. The fraction of sp³-hybridized carbons (Fsp3) is 0.385. The van der Waals surface area contributed by atoms with Crippen molar-refractivity contribution in [3.05, 3.63) is 23.8 Å².